The quantitative estimate of drug-likeness (QED) is 0.598. The van der Waals surface area contributed by atoms with Gasteiger partial charge in [-0.2, -0.15) is 0 Å². The van der Waals surface area contributed by atoms with Crippen molar-refractivity contribution in [3.8, 4) is 0 Å². The molecule has 0 saturated carbocycles. The van der Waals surface area contributed by atoms with Gasteiger partial charge in [0.25, 0.3) is 0 Å². The van der Waals surface area contributed by atoms with Gasteiger partial charge in [0, 0.05) is 0 Å². The van der Waals surface area contributed by atoms with Crippen LogP contribution in [0.1, 0.15) is 63.8 Å². The summed E-state index contributed by atoms with van der Waals surface area (Å²) in [6, 6.07) is 0. The minimum atomic E-state index is 0.0910. The third-order valence-corrected chi connectivity index (χ3v) is 7.56. The van der Waals surface area contributed by atoms with Crippen LogP contribution in [0.4, 0.5) is 0 Å². The molecule has 2 rings (SSSR count). The Hall–Kier alpha value is -0.817. The van der Waals surface area contributed by atoms with Crippen LogP contribution in [0.2, 0.25) is 0 Å². The molecular weight excluding hydrogens is 369 g/mol. The van der Waals surface area contributed by atoms with Crippen molar-refractivity contribution in [2.24, 2.45) is 0 Å². The standard InChI is InChI=1S/2C10H16N.Ru/c2*1-4-9-7-11(6-3)8-10(9)5-2;/h2*7H,4-6H2,1-3H3;. The van der Waals surface area contributed by atoms with Gasteiger partial charge in [0.05, 0.1) is 0 Å². The Morgan fingerprint density at radius 2 is 1.04 bits per heavy atom. The van der Waals surface area contributed by atoms with Crippen molar-refractivity contribution in [3.63, 3.8) is 0 Å². The molecule has 2 heterocycles. The van der Waals surface area contributed by atoms with Crippen LogP contribution < -0.4 is 8.58 Å². The first-order chi connectivity index (χ1) is 11.1. The van der Waals surface area contributed by atoms with Gasteiger partial charge in [-0.3, -0.25) is 0 Å². The minimum absolute atomic E-state index is 0.0910. The van der Waals surface area contributed by atoms with Crippen LogP contribution in [0, 0.1) is 0 Å². The number of rotatable bonds is 8. The van der Waals surface area contributed by atoms with Crippen molar-refractivity contribution >= 4 is 8.58 Å². The third-order valence-electron chi connectivity index (χ3n) is 4.69. The summed E-state index contributed by atoms with van der Waals surface area (Å²) >= 11 is 0.0910. The summed E-state index contributed by atoms with van der Waals surface area (Å²) in [6.45, 7) is 15.9. The van der Waals surface area contributed by atoms with Gasteiger partial charge in [0.2, 0.25) is 0 Å². The summed E-state index contributed by atoms with van der Waals surface area (Å²) in [7, 11) is 0. The van der Waals surface area contributed by atoms with Gasteiger partial charge in [-0.05, 0) is 0 Å². The first-order valence-electron chi connectivity index (χ1n) is 9.18. The van der Waals surface area contributed by atoms with Crippen LogP contribution in [0.5, 0.6) is 0 Å². The zero-order chi connectivity index (χ0) is 17.0. The Kier molecular flexibility index (Phi) is 6.71. The molecule has 0 aliphatic carbocycles. The van der Waals surface area contributed by atoms with Crippen LogP contribution in [0.15, 0.2) is 12.4 Å². The summed E-state index contributed by atoms with van der Waals surface area (Å²) in [6.07, 6.45) is 9.45. The predicted octanol–water partition coefficient (Wildman–Crippen LogP) is 3.61. The molecule has 0 radical (unpaired) electrons. The number of nitrogens with zero attached hydrogens (tertiary/aromatic N) is 2. The molecule has 0 bridgehead atoms. The topological polar surface area (TPSA) is 9.86 Å². The number of aromatic nitrogens is 2. The molecule has 0 aliphatic heterocycles. The van der Waals surface area contributed by atoms with Gasteiger partial charge in [0.1, 0.15) is 0 Å². The average Bonchev–Trinajstić information content (AvgIpc) is 3.11. The molecule has 0 spiro atoms. The van der Waals surface area contributed by atoms with Gasteiger partial charge < -0.3 is 0 Å². The van der Waals surface area contributed by atoms with Crippen LogP contribution in [-0.2, 0) is 55.9 Å². The van der Waals surface area contributed by atoms with E-state index in [2.05, 4.69) is 63.1 Å². The van der Waals surface area contributed by atoms with Crippen molar-refractivity contribution in [2.45, 2.75) is 80.3 Å². The van der Waals surface area contributed by atoms with Gasteiger partial charge >= 0.3 is 150 Å². The fraction of sp³-hybridized carbons (Fsp3) is 0.600. The molecule has 0 atom stereocenters. The third kappa shape index (κ3) is 3.50. The van der Waals surface area contributed by atoms with E-state index >= 15 is 0 Å². The fourth-order valence-corrected chi connectivity index (χ4v) is 6.69. The van der Waals surface area contributed by atoms with Gasteiger partial charge in [0.15, 0.2) is 0 Å². The molecule has 2 aromatic rings. The SMILES string of the molecule is CCc1cn(CC)[c]([Ru][c]2c(CC)c(CC)cn2CC)c1CC. The predicted molar refractivity (Wildman–Crippen MR) is 97.0 cm³/mol. The van der Waals surface area contributed by atoms with Crippen LogP contribution >= 0.6 is 0 Å². The van der Waals surface area contributed by atoms with Crippen molar-refractivity contribution in [3.05, 3.63) is 34.6 Å². The summed E-state index contributed by atoms with van der Waals surface area (Å²) in [5.74, 6) is 0. The van der Waals surface area contributed by atoms with Crippen molar-refractivity contribution in [1.82, 2.24) is 9.13 Å². The normalized spacial score (nSPS) is 11.6. The summed E-state index contributed by atoms with van der Waals surface area (Å²) in [5.41, 5.74) is 6.36. The molecule has 0 unspecified atom stereocenters. The van der Waals surface area contributed by atoms with E-state index in [1.807, 2.05) is 0 Å². The van der Waals surface area contributed by atoms with E-state index in [-0.39, 0.29) is 17.1 Å². The summed E-state index contributed by atoms with van der Waals surface area (Å²) < 4.78 is 8.30. The van der Waals surface area contributed by atoms with Crippen LogP contribution in [-0.4, -0.2) is 9.13 Å². The second kappa shape index (κ2) is 8.33. The zero-order valence-corrected chi connectivity index (χ0v) is 17.4. The first-order valence-corrected chi connectivity index (χ1v) is 10.9. The first kappa shape index (κ1) is 18.5. The molecule has 0 saturated heterocycles. The maximum atomic E-state index is 2.52. The molecule has 2 aromatic heterocycles. The van der Waals surface area contributed by atoms with Crippen molar-refractivity contribution in [1.29, 1.82) is 0 Å². The van der Waals surface area contributed by atoms with E-state index in [0.29, 0.717) is 0 Å². The van der Waals surface area contributed by atoms with E-state index in [9.17, 15) is 0 Å². The summed E-state index contributed by atoms with van der Waals surface area (Å²) in [5, 5.41) is 0. The average molecular weight is 402 g/mol. The van der Waals surface area contributed by atoms with Crippen molar-refractivity contribution < 1.29 is 17.1 Å². The van der Waals surface area contributed by atoms with Gasteiger partial charge in [-0.1, -0.05) is 0 Å². The van der Waals surface area contributed by atoms with Gasteiger partial charge in [-0.25, -0.2) is 0 Å². The monoisotopic (exact) mass is 402 g/mol. The molecule has 0 amide bonds. The molecule has 0 aromatic carbocycles. The van der Waals surface area contributed by atoms with Crippen LogP contribution in [0.25, 0.3) is 0 Å². The molecule has 2 nitrogen and oxygen atoms in total. The number of hydrogen-bond acceptors (Lipinski definition) is 0. The Bertz CT molecular complexity index is 593. The molecule has 0 aliphatic rings. The van der Waals surface area contributed by atoms with E-state index in [1.165, 1.54) is 0 Å². The van der Waals surface area contributed by atoms with Gasteiger partial charge in [-0.15, -0.1) is 0 Å². The summed E-state index contributed by atoms with van der Waals surface area (Å²) in [4.78, 5) is 0. The Labute approximate surface area is 149 Å². The molecule has 0 N–H and O–H groups in total. The number of hydrogen-bond donors (Lipinski definition) is 0. The number of aryl methyl sites for hydroxylation is 4. The molecule has 23 heavy (non-hydrogen) atoms. The fourth-order valence-electron chi connectivity index (χ4n) is 3.33. The maximum absolute atomic E-state index is 2.52. The second-order valence-electron chi connectivity index (χ2n) is 5.90. The Morgan fingerprint density at radius 1 is 0.652 bits per heavy atom. The Balaban J connectivity index is 2.54. The van der Waals surface area contributed by atoms with E-state index in [1.54, 1.807) is 30.8 Å². The molecule has 130 valence electrons. The Morgan fingerprint density at radius 3 is 1.30 bits per heavy atom. The molecular formula is C20H32N2Ru. The molecule has 0 fully saturated rings. The molecule has 3 heteroatoms. The van der Waals surface area contributed by atoms with E-state index in [4.69, 9.17) is 0 Å². The van der Waals surface area contributed by atoms with Crippen LogP contribution in [0.3, 0.4) is 0 Å². The van der Waals surface area contributed by atoms with E-state index < -0.39 is 0 Å². The van der Waals surface area contributed by atoms with E-state index in [0.717, 1.165) is 38.8 Å². The second-order valence-corrected chi connectivity index (χ2v) is 7.98. The van der Waals surface area contributed by atoms with Crippen molar-refractivity contribution in [2.75, 3.05) is 0 Å². The zero-order valence-electron chi connectivity index (χ0n) is 15.6.